The van der Waals surface area contributed by atoms with Gasteiger partial charge in [-0.15, -0.1) is 6.42 Å². The average molecular weight is 182 g/mol. The van der Waals surface area contributed by atoms with E-state index in [9.17, 15) is 0 Å². The fourth-order valence-electron chi connectivity index (χ4n) is 0.835. The SMILES string of the molecule is C#C[C@@H](OCCO)c1ccsc1. The fraction of sp³-hybridized carbons (Fsp3) is 0.333. The molecule has 3 heteroatoms. The summed E-state index contributed by atoms with van der Waals surface area (Å²) < 4.78 is 5.21. The van der Waals surface area contributed by atoms with Crippen molar-refractivity contribution in [2.24, 2.45) is 0 Å². The zero-order valence-corrected chi connectivity index (χ0v) is 7.38. The minimum Gasteiger partial charge on any atom is -0.394 e. The van der Waals surface area contributed by atoms with Crippen LogP contribution in [0.15, 0.2) is 16.8 Å². The van der Waals surface area contributed by atoms with E-state index in [0.29, 0.717) is 0 Å². The second-order valence-corrected chi connectivity index (χ2v) is 2.98. The number of hydrogen-bond donors (Lipinski definition) is 1. The maximum Gasteiger partial charge on any atom is 0.144 e. The van der Waals surface area contributed by atoms with Crippen molar-refractivity contribution in [2.75, 3.05) is 13.2 Å². The van der Waals surface area contributed by atoms with E-state index < -0.39 is 0 Å². The molecule has 1 atom stereocenters. The number of aliphatic hydroxyl groups excluding tert-OH is 1. The Kier molecular flexibility index (Phi) is 3.81. The van der Waals surface area contributed by atoms with Crippen LogP contribution in [0.5, 0.6) is 0 Å². The lowest BCUT2D eigenvalue weighted by Gasteiger charge is -2.08. The Morgan fingerprint density at radius 3 is 3.08 bits per heavy atom. The zero-order chi connectivity index (χ0) is 8.81. The summed E-state index contributed by atoms with van der Waals surface area (Å²) in [6.45, 7) is 0.285. The first kappa shape index (κ1) is 9.27. The molecule has 0 unspecified atom stereocenters. The molecule has 0 saturated carbocycles. The van der Waals surface area contributed by atoms with Crippen LogP contribution in [-0.2, 0) is 4.74 Å². The quantitative estimate of drug-likeness (QED) is 0.714. The summed E-state index contributed by atoms with van der Waals surface area (Å²) in [6.07, 6.45) is 4.94. The molecule has 0 aliphatic carbocycles. The predicted molar refractivity (Wildman–Crippen MR) is 48.9 cm³/mol. The van der Waals surface area contributed by atoms with E-state index in [1.54, 1.807) is 11.3 Å². The molecule has 0 aliphatic rings. The topological polar surface area (TPSA) is 29.5 Å². The molecular weight excluding hydrogens is 172 g/mol. The monoisotopic (exact) mass is 182 g/mol. The Bertz CT molecular complexity index is 248. The number of rotatable bonds is 4. The van der Waals surface area contributed by atoms with E-state index in [1.807, 2.05) is 16.8 Å². The third kappa shape index (κ3) is 2.35. The summed E-state index contributed by atoms with van der Waals surface area (Å²) in [7, 11) is 0. The lowest BCUT2D eigenvalue weighted by molar-refractivity contribution is 0.0595. The van der Waals surface area contributed by atoms with Crippen molar-refractivity contribution in [1.82, 2.24) is 0 Å². The molecule has 0 bridgehead atoms. The lowest BCUT2D eigenvalue weighted by atomic mass is 10.2. The number of thiophene rings is 1. The molecule has 0 amide bonds. The van der Waals surface area contributed by atoms with E-state index in [2.05, 4.69) is 5.92 Å². The lowest BCUT2D eigenvalue weighted by Crippen LogP contribution is -2.04. The molecule has 0 fully saturated rings. The van der Waals surface area contributed by atoms with Gasteiger partial charge in [0.15, 0.2) is 0 Å². The van der Waals surface area contributed by atoms with Gasteiger partial charge in [-0.3, -0.25) is 0 Å². The van der Waals surface area contributed by atoms with Crippen LogP contribution >= 0.6 is 11.3 Å². The van der Waals surface area contributed by atoms with Gasteiger partial charge in [-0.2, -0.15) is 11.3 Å². The maximum atomic E-state index is 8.52. The predicted octanol–water partition coefficient (Wildman–Crippen LogP) is 1.43. The van der Waals surface area contributed by atoms with E-state index in [4.69, 9.17) is 16.3 Å². The van der Waals surface area contributed by atoms with Crippen molar-refractivity contribution in [3.8, 4) is 12.3 Å². The molecule has 0 radical (unpaired) electrons. The largest absolute Gasteiger partial charge is 0.394 e. The molecule has 0 spiro atoms. The third-order valence-corrected chi connectivity index (χ3v) is 2.07. The summed E-state index contributed by atoms with van der Waals surface area (Å²) >= 11 is 1.58. The van der Waals surface area contributed by atoms with Crippen molar-refractivity contribution in [3.63, 3.8) is 0 Å². The number of hydrogen-bond acceptors (Lipinski definition) is 3. The molecule has 1 aromatic heterocycles. The van der Waals surface area contributed by atoms with E-state index in [0.717, 1.165) is 5.56 Å². The van der Waals surface area contributed by atoms with Crippen LogP contribution in [0.3, 0.4) is 0 Å². The summed E-state index contributed by atoms with van der Waals surface area (Å²) in [6, 6.07) is 1.92. The van der Waals surface area contributed by atoms with Gasteiger partial charge in [0.2, 0.25) is 0 Å². The maximum absolute atomic E-state index is 8.52. The van der Waals surface area contributed by atoms with Gasteiger partial charge >= 0.3 is 0 Å². The first-order valence-corrected chi connectivity index (χ1v) is 4.53. The first-order chi connectivity index (χ1) is 5.88. The van der Waals surface area contributed by atoms with E-state index >= 15 is 0 Å². The molecule has 64 valence electrons. The van der Waals surface area contributed by atoms with Gasteiger partial charge in [-0.05, 0) is 16.8 Å². The van der Waals surface area contributed by atoms with Crippen molar-refractivity contribution in [2.45, 2.75) is 6.10 Å². The highest BCUT2D eigenvalue weighted by Crippen LogP contribution is 2.18. The average Bonchev–Trinajstić information content (AvgIpc) is 2.59. The highest BCUT2D eigenvalue weighted by molar-refractivity contribution is 7.07. The first-order valence-electron chi connectivity index (χ1n) is 3.59. The Balaban J connectivity index is 2.53. The number of terminal acetylenes is 1. The molecule has 1 rings (SSSR count). The van der Waals surface area contributed by atoms with Crippen molar-refractivity contribution >= 4 is 11.3 Å². The molecule has 0 aromatic carbocycles. The van der Waals surface area contributed by atoms with Crippen LogP contribution in [-0.4, -0.2) is 18.3 Å². The number of ether oxygens (including phenoxy) is 1. The van der Waals surface area contributed by atoms with E-state index in [-0.39, 0.29) is 19.3 Å². The highest BCUT2D eigenvalue weighted by Gasteiger charge is 2.07. The number of aliphatic hydroxyl groups is 1. The second-order valence-electron chi connectivity index (χ2n) is 2.20. The van der Waals surface area contributed by atoms with Crippen LogP contribution < -0.4 is 0 Å². The summed E-state index contributed by atoms with van der Waals surface area (Å²) in [5, 5.41) is 12.4. The smallest absolute Gasteiger partial charge is 0.144 e. The Labute approximate surface area is 75.8 Å². The standard InChI is InChI=1S/C9H10O2S/c1-2-9(11-5-4-10)8-3-6-12-7-8/h1,3,6-7,9-10H,4-5H2/t9-/m1/s1. The molecule has 0 saturated heterocycles. The molecule has 1 aromatic rings. The van der Waals surface area contributed by atoms with Gasteiger partial charge in [-0.1, -0.05) is 5.92 Å². The summed E-state index contributed by atoms with van der Waals surface area (Å²) in [5.74, 6) is 2.51. The van der Waals surface area contributed by atoms with Crippen LogP contribution in [0, 0.1) is 12.3 Å². The molecule has 12 heavy (non-hydrogen) atoms. The van der Waals surface area contributed by atoms with Crippen molar-refractivity contribution in [1.29, 1.82) is 0 Å². The van der Waals surface area contributed by atoms with Crippen LogP contribution in [0.2, 0.25) is 0 Å². The minimum atomic E-state index is -0.316. The summed E-state index contributed by atoms with van der Waals surface area (Å²) in [4.78, 5) is 0. The molecule has 1 N–H and O–H groups in total. The molecular formula is C9H10O2S. The Morgan fingerprint density at radius 1 is 1.75 bits per heavy atom. The van der Waals surface area contributed by atoms with Crippen LogP contribution in [0.1, 0.15) is 11.7 Å². The van der Waals surface area contributed by atoms with Crippen LogP contribution in [0.4, 0.5) is 0 Å². The zero-order valence-electron chi connectivity index (χ0n) is 6.56. The molecule has 2 nitrogen and oxygen atoms in total. The van der Waals surface area contributed by atoms with Gasteiger partial charge in [0.05, 0.1) is 13.2 Å². The molecule has 1 heterocycles. The van der Waals surface area contributed by atoms with Crippen LogP contribution in [0.25, 0.3) is 0 Å². The highest BCUT2D eigenvalue weighted by atomic mass is 32.1. The minimum absolute atomic E-state index is 0.00230. The van der Waals surface area contributed by atoms with Gasteiger partial charge in [0.25, 0.3) is 0 Å². The normalized spacial score (nSPS) is 12.3. The Hall–Kier alpha value is -0.820. The van der Waals surface area contributed by atoms with Crippen molar-refractivity contribution < 1.29 is 9.84 Å². The summed E-state index contributed by atoms with van der Waals surface area (Å²) in [5.41, 5.74) is 0.982. The molecule has 0 aliphatic heterocycles. The van der Waals surface area contributed by atoms with Crippen molar-refractivity contribution in [3.05, 3.63) is 22.4 Å². The third-order valence-electron chi connectivity index (χ3n) is 1.37. The van der Waals surface area contributed by atoms with Gasteiger partial charge < -0.3 is 9.84 Å². The second kappa shape index (κ2) is 4.94. The van der Waals surface area contributed by atoms with Gasteiger partial charge in [0.1, 0.15) is 6.10 Å². The van der Waals surface area contributed by atoms with Gasteiger partial charge in [-0.25, -0.2) is 0 Å². The Morgan fingerprint density at radius 2 is 2.58 bits per heavy atom. The van der Waals surface area contributed by atoms with E-state index in [1.165, 1.54) is 0 Å². The van der Waals surface area contributed by atoms with Gasteiger partial charge in [0, 0.05) is 5.56 Å². The fourth-order valence-corrected chi connectivity index (χ4v) is 1.51.